The lowest BCUT2D eigenvalue weighted by atomic mass is 10.0. The Labute approximate surface area is 99.5 Å². The van der Waals surface area contributed by atoms with Gasteiger partial charge in [0.15, 0.2) is 0 Å². The molecule has 0 spiro atoms. The van der Waals surface area contributed by atoms with Gasteiger partial charge in [0.25, 0.3) is 0 Å². The SMILES string of the molecule is Fc1ccc2[nH]c(C=C3CCNCC3)cc2c1. The highest BCUT2D eigenvalue weighted by Gasteiger charge is 2.06. The second-order valence-electron chi connectivity index (χ2n) is 4.51. The molecule has 0 radical (unpaired) electrons. The maximum absolute atomic E-state index is 13.1. The van der Waals surface area contributed by atoms with E-state index in [4.69, 9.17) is 0 Å². The lowest BCUT2D eigenvalue weighted by molar-refractivity contribution is 0.613. The van der Waals surface area contributed by atoms with Crippen LogP contribution in [0.5, 0.6) is 0 Å². The molecule has 1 aliphatic rings. The standard InChI is InChI=1S/C14H15FN2/c15-12-1-2-14-11(8-12)9-13(17-14)7-10-3-5-16-6-4-10/h1-2,7-9,16-17H,3-6H2. The van der Waals surface area contributed by atoms with E-state index in [9.17, 15) is 4.39 Å². The first-order chi connectivity index (χ1) is 8.31. The fraction of sp³-hybridized carbons (Fsp3) is 0.286. The zero-order valence-corrected chi connectivity index (χ0v) is 9.59. The number of benzene rings is 1. The molecule has 0 unspecified atom stereocenters. The van der Waals surface area contributed by atoms with Crippen molar-refractivity contribution in [2.75, 3.05) is 13.1 Å². The number of hydrogen-bond acceptors (Lipinski definition) is 1. The van der Waals surface area contributed by atoms with Crippen LogP contribution < -0.4 is 5.32 Å². The van der Waals surface area contributed by atoms with Crippen LogP contribution in [-0.2, 0) is 0 Å². The van der Waals surface area contributed by atoms with Crippen LogP contribution in [0, 0.1) is 5.82 Å². The van der Waals surface area contributed by atoms with Gasteiger partial charge in [-0.2, -0.15) is 0 Å². The molecule has 0 amide bonds. The number of piperidine rings is 1. The molecule has 2 nitrogen and oxygen atoms in total. The summed E-state index contributed by atoms with van der Waals surface area (Å²) >= 11 is 0. The summed E-state index contributed by atoms with van der Waals surface area (Å²) < 4.78 is 13.1. The molecule has 88 valence electrons. The molecule has 0 bridgehead atoms. The van der Waals surface area contributed by atoms with Crippen LogP contribution in [0.4, 0.5) is 4.39 Å². The van der Waals surface area contributed by atoms with Gasteiger partial charge in [-0.15, -0.1) is 0 Å². The smallest absolute Gasteiger partial charge is 0.123 e. The third kappa shape index (κ3) is 2.24. The van der Waals surface area contributed by atoms with Crippen molar-refractivity contribution in [3.8, 4) is 0 Å². The summed E-state index contributed by atoms with van der Waals surface area (Å²) in [6.07, 6.45) is 4.40. The second-order valence-corrected chi connectivity index (χ2v) is 4.51. The Balaban J connectivity index is 1.95. The molecule has 1 aromatic heterocycles. The predicted molar refractivity (Wildman–Crippen MR) is 68.3 cm³/mol. The summed E-state index contributed by atoms with van der Waals surface area (Å²) in [6.45, 7) is 2.11. The van der Waals surface area contributed by atoms with E-state index in [0.717, 1.165) is 42.5 Å². The molecule has 2 N–H and O–H groups in total. The molecule has 0 saturated carbocycles. The minimum absolute atomic E-state index is 0.183. The molecule has 2 aromatic rings. The Bertz CT molecular complexity index is 561. The van der Waals surface area contributed by atoms with E-state index in [1.807, 2.05) is 6.07 Å². The van der Waals surface area contributed by atoms with Crippen LogP contribution in [0.1, 0.15) is 18.5 Å². The molecular formula is C14H15FN2. The highest BCUT2D eigenvalue weighted by molar-refractivity contribution is 5.82. The van der Waals surface area contributed by atoms with Crippen LogP contribution in [0.2, 0.25) is 0 Å². The van der Waals surface area contributed by atoms with Crippen LogP contribution in [0.15, 0.2) is 29.8 Å². The summed E-state index contributed by atoms with van der Waals surface area (Å²) in [4.78, 5) is 3.31. The monoisotopic (exact) mass is 230 g/mol. The number of aromatic amines is 1. The van der Waals surface area contributed by atoms with Crippen molar-refractivity contribution in [3.63, 3.8) is 0 Å². The van der Waals surface area contributed by atoms with E-state index >= 15 is 0 Å². The van der Waals surface area contributed by atoms with Crippen molar-refractivity contribution < 1.29 is 4.39 Å². The molecule has 1 saturated heterocycles. The quantitative estimate of drug-likeness (QED) is 0.774. The first-order valence-electron chi connectivity index (χ1n) is 6.00. The van der Waals surface area contributed by atoms with E-state index in [0.29, 0.717) is 0 Å². The molecule has 3 heteroatoms. The van der Waals surface area contributed by atoms with Gasteiger partial charge in [0.2, 0.25) is 0 Å². The van der Waals surface area contributed by atoms with E-state index in [2.05, 4.69) is 16.4 Å². The third-order valence-corrected chi connectivity index (χ3v) is 3.21. The molecule has 0 atom stereocenters. The van der Waals surface area contributed by atoms with Gasteiger partial charge in [-0.25, -0.2) is 4.39 Å². The lowest BCUT2D eigenvalue weighted by Gasteiger charge is -2.14. The molecule has 1 aliphatic heterocycles. The Morgan fingerprint density at radius 1 is 1.12 bits per heavy atom. The van der Waals surface area contributed by atoms with Gasteiger partial charge in [0, 0.05) is 16.6 Å². The number of H-pyrrole nitrogens is 1. The zero-order chi connectivity index (χ0) is 11.7. The minimum atomic E-state index is -0.183. The first-order valence-corrected chi connectivity index (χ1v) is 6.00. The molecule has 0 aliphatic carbocycles. The molecule has 3 rings (SSSR count). The summed E-state index contributed by atoms with van der Waals surface area (Å²) in [5.41, 5.74) is 3.52. The van der Waals surface area contributed by atoms with Gasteiger partial charge < -0.3 is 10.3 Å². The Kier molecular flexibility index (Phi) is 2.69. The number of rotatable bonds is 1. The van der Waals surface area contributed by atoms with Crippen LogP contribution in [0.3, 0.4) is 0 Å². The Morgan fingerprint density at radius 2 is 1.94 bits per heavy atom. The fourth-order valence-electron chi connectivity index (χ4n) is 2.32. The topological polar surface area (TPSA) is 27.8 Å². The van der Waals surface area contributed by atoms with Crippen LogP contribution in [-0.4, -0.2) is 18.1 Å². The van der Waals surface area contributed by atoms with E-state index in [-0.39, 0.29) is 5.82 Å². The Morgan fingerprint density at radius 3 is 2.76 bits per heavy atom. The number of halogens is 1. The number of aromatic nitrogens is 1. The predicted octanol–water partition coefficient (Wildman–Crippen LogP) is 3.07. The van der Waals surface area contributed by atoms with Gasteiger partial charge in [-0.05, 0) is 56.3 Å². The van der Waals surface area contributed by atoms with Crippen LogP contribution >= 0.6 is 0 Å². The van der Waals surface area contributed by atoms with Gasteiger partial charge >= 0.3 is 0 Å². The first kappa shape index (κ1) is 10.5. The molecule has 1 fully saturated rings. The van der Waals surface area contributed by atoms with Crippen molar-refractivity contribution in [1.82, 2.24) is 10.3 Å². The van der Waals surface area contributed by atoms with E-state index in [1.165, 1.54) is 11.6 Å². The van der Waals surface area contributed by atoms with Crippen molar-refractivity contribution in [2.45, 2.75) is 12.8 Å². The molecule has 2 heterocycles. The largest absolute Gasteiger partial charge is 0.355 e. The average molecular weight is 230 g/mol. The van der Waals surface area contributed by atoms with Crippen molar-refractivity contribution >= 4 is 17.0 Å². The number of hydrogen-bond donors (Lipinski definition) is 2. The molecule has 17 heavy (non-hydrogen) atoms. The number of nitrogens with one attached hydrogen (secondary N) is 2. The highest BCUT2D eigenvalue weighted by Crippen LogP contribution is 2.20. The van der Waals surface area contributed by atoms with Crippen LogP contribution in [0.25, 0.3) is 17.0 Å². The van der Waals surface area contributed by atoms with Gasteiger partial charge in [0.1, 0.15) is 5.82 Å². The maximum Gasteiger partial charge on any atom is 0.123 e. The summed E-state index contributed by atoms with van der Waals surface area (Å²) in [5, 5.41) is 4.27. The summed E-state index contributed by atoms with van der Waals surface area (Å²) in [5.74, 6) is -0.183. The number of fused-ring (bicyclic) bond motifs is 1. The fourth-order valence-corrected chi connectivity index (χ4v) is 2.32. The van der Waals surface area contributed by atoms with Gasteiger partial charge in [0.05, 0.1) is 0 Å². The van der Waals surface area contributed by atoms with Gasteiger partial charge in [-0.1, -0.05) is 5.57 Å². The van der Waals surface area contributed by atoms with E-state index < -0.39 is 0 Å². The lowest BCUT2D eigenvalue weighted by Crippen LogP contribution is -2.22. The average Bonchev–Trinajstić information content (AvgIpc) is 2.71. The normalized spacial score (nSPS) is 16.4. The van der Waals surface area contributed by atoms with Crippen molar-refractivity contribution in [3.05, 3.63) is 41.3 Å². The zero-order valence-electron chi connectivity index (χ0n) is 9.59. The van der Waals surface area contributed by atoms with E-state index in [1.54, 1.807) is 12.1 Å². The summed E-state index contributed by atoms with van der Waals surface area (Å²) in [6, 6.07) is 6.85. The van der Waals surface area contributed by atoms with Crippen molar-refractivity contribution in [1.29, 1.82) is 0 Å². The minimum Gasteiger partial charge on any atom is -0.355 e. The summed E-state index contributed by atoms with van der Waals surface area (Å²) in [7, 11) is 0. The third-order valence-electron chi connectivity index (χ3n) is 3.21. The molecule has 1 aromatic carbocycles. The maximum atomic E-state index is 13.1. The Hall–Kier alpha value is -1.61. The molecular weight excluding hydrogens is 215 g/mol. The highest BCUT2D eigenvalue weighted by atomic mass is 19.1. The second kappa shape index (κ2) is 4.34. The van der Waals surface area contributed by atoms with Crippen molar-refractivity contribution in [2.24, 2.45) is 0 Å². The van der Waals surface area contributed by atoms with Gasteiger partial charge in [-0.3, -0.25) is 0 Å².